The maximum atomic E-state index is 12.9. The van der Waals surface area contributed by atoms with E-state index in [0.717, 1.165) is 75.5 Å². The molecular weight excluding hydrogens is 817 g/mol. The highest BCUT2D eigenvalue weighted by Crippen LogP contribution is 2.19. The van der Waals surface area contributed by atoms with Gasteiger partial charge in [0.1, 0.15) is 13.2 Å². The van der Waals surface area contributed by atoms with Crippen molar-refractivity contribution < 1.29 is 28.6 Å². The zero-order valence-electron chi connectivity index (χ0n) is 45.5. The van der Waals surface area contributed by atoms with Crippen LogP contribution in [0.15, 0.2) is 0 Å². The number of rotatable bonds is 53. The second-order valence-corrected chi connectivity index (χ2v) is 22.1. The zero-order valence-corrected chi connectivity index (χ0v) is 45.5. The molecule has 0 saturated heterocycles. The Balaban J connectivity index is 4.26. The average molecular weight is 934 g/mol. The summed E-state index contributed by atoms with van der Waals surface area (Å²) in [6.07, 6.45) is 53.9. The number of esters is 3. The second kappa shape index (κ2) is 51.3. The standard InChI is InChI=1S/C60H116O6/c1-54(2)46-40-34-28-22-16-13-11-9-7-8-10-12-14-18-27-33-39-45-51-60(63)66-57(53-65-59(62)50-44-38-32-26-21-20-24-30-36-42-48-56(5)6)52-64-58(61)49-43-37-31-25-19-15-17-23-29-35-41-47-55(3)4/h54-57H,7-53H2,1-6H3/t57-/m1/s1. The number of unbranched alkanes of at least 4 members (excludes halogenated alkanes) is 36. The first kappa shape index (κ1) is 64.4. The molecule has 392 valence electrons. The van der Waals surface area contributed by atoms with Crippen molar-refractivity contribution in [2.24, 2.45) is 17.8 Å². The molecule has 0 bridgehead atoms. The van der Waals surface area contributed by atoms with Crippen LogP contribution in [0.3, 0.4) is 0 Å². The smallest absolute Gasteiger partial charge is 0.306 e. The van der Waals surface area contributed by atoms with Gasteiger partial charge in [0.25, 0.3) is 0 Å². The Bertz CT molecular complexity index is 1020. The van der Waals surface area contributed by atoms with Crippen LogP contribution >= 0.6 is 0 Å². The average Bonchev–Trinajstić information content (AvgIpc) is 3.28. The van der Waals surface area contributed by atoms with Gasteiger partial charge in [0.2, 0.25) is 0 Å². The van der Waals surface area contributed by atoms with E-state index in [0.29, 0.717) is 19.3 Å². The van der Waals surface area contributed by atoms with Crippen LogP contribution in [0.1, 0.15) is 330 Å². The Morgan fingerprint density at radius 3 is 0.652 bits per heavy atom. The molecule has 0 spiro atoms. The highest BCUT2D eigenvalue weighted by molar-refractivity contribution is 5.71. The van der Waals surface area contributed by atoms with Crippen molar-refractivity contribution in [3.05, 3.63) is 0 Å². The summed E-state index contributed by atoms with van der Waals surface area (Å²) in [5.41, 5.74) is 0. The van der Waals surface area contributed by atoms with Gasteiger partial charge in [-0.3, -0.25) is 14.4 Å². The predicted octanol–water partition coefficient (Wildman–Crippen LogP) is 19.5. The highest BCUT2D eigenvalue weighted by atomic mass is 16.6. The van der Waals surface area contributed by atoms with Gasteiger partial charge in [-0.15, -0.1) is 0 Å². The molecule has 0 aromatic carbocycles. The number of ether oxygens (including phenoxy) is 3. The molecule has 0 aliphatic carbocycles. The Hall–Kier alpha value is -1.59. The first-order valence-corrected chi connectivity index (χ1v) is 29.6. The third kappa shape index (κ3) is 53.4. The van der Waals surface area contributed by atoms with Crippen LogP contribution in [0, 0.1) is 17.8 Å². The van der Waals surface area contributed by atoms with Crippen LogP contribution in [-0.2, 0) is 28.6 Å². The zero-order chi connectivity index (χ0) is 48.4. The predicted molar refractivity (Wildman–Crippen MR) is 284 cm³/mol. The molecular formula is C60H116O6. The lowest BCUT2D eigenvalue weighted by Gasteiger charge is -2.18. The lowest BCUT2D eigenvalue weighted by Crippen LogP contribution is -2.30. The molecule has 0 aromatic heterocycles. The third-order valence-electron chi connectivity index (χ3n) is 13.6. The van der Waals surface area contributed by atoms with E-state index in [1.807, 2.05) is 0 Å². The van der Waals surface area contributed by atoms with Crippen molar-refractivity contribution >= 4 is 17.9 Å². The van der Waals surface area contributed by atoms with Crippen molar-refractivity contribution in [1.82, 2.24) is 0 Å². The minimum Gasteiger partial charge on any atom is -0.462 e. The second-order valence-electron chi connectivity index (χ2n) is 22.1. The van der Waals surface area contributed by atoms with Gasteiger partial charge >= 0.3 is 17.9 Å². The lowest BCUT2D eigenvalue weighted by atomic mass is 10.0. The van der Waals surface area contributed by atoms with Crippen molar-refractivity contribution in [2.75, 3.05) is 13.2 Å². The molecule has 0 radical (unpaired) electrons. The summed E-state index contributed by atoms with van der Waals surface area (Å²) < 4.78 is 16.9. The molecule has 0 aliphatic rings. The van der Waals surface area contributed by atoms with E-state index in [4.69, 9.17) is 14.2 Å². The van der Waals surface area contributed by atoms with E-state index < -0.39 is 6.10 Å². The summed E-state index contributed by atoms with van der Waals surface area (Å²) in [6.45, 7) is 13.8. The first-order chi connectivity index (χ1) is 32.1. The first-order valence-electron chi connectivity index (χ1n) is 29.6. The normalized spacial score (nSPS) is 12.1. The van der Waals surface area contributed by atoms with Crippen molar-refractivity contribution in [1.29, 1.82) is 0 Å². The topological polar surface area (TPSA) is 78.9 Å². The molecule has 0 fully saturated rings. The summed E-state index contributed by atoms with van der Waals surface area (Å²) in [5.74, 6) is 1.66. The fourth-order valence-electron chi connectivity index (χ4n) is 9.18. The van der Waals surface area contributed by atoms with Crippen LogP contribution in [0.25, 0.3) is 0 Å². The number of carbonyl (C=O) groups excluding carboxylic acids is 3. The van der Waals surface area contributed by atoms with Gasteiger partial charge in [-0.05, 0) is 37.0 Å². The molecule has 0 heterocycles. The van der Waals surface area contributed by atoms with Gasteiger partial charge in [-0.25, -0.2) is 0 Å². The van der Waals surface area contributed by atoms with E-state index in [2.05, 4.69) is 41.5 Å². The number of hydrogen-bond donors (Lipinski definition) is 0. The van der Waals surface area contributed by atoms with Crippen LogP contribution in [0.2, 0.25) is 0 Å². The molecule has 0 rings (SSSR count). The Morgan fingerprint density at radius 1 is 0.258 bits per heavy atom. The molecule has 0 saturated carbocycles. The highest BCUT2D eigenvalue weighted by Gasteiger charge is 2.19. The molecule has 1 atom stereocenters. The monoisotopic (exact) mass is 933 g/mol. The summed E-state index contributed by atoms with van der Waals surface area (Å²) in [5, 5.41) is 0. The van der Waals surface area contributed by atoms with Crippen LogP contribution in [0.4, 0.5) is 0 Å². The Labute approximate surface area is 412 Å². The third-order valence-corrected chi connectivity index (χ3v) is 13.6. The van der Waals surface area contributed by atoms with Gasteiger partial charge in [-0.2, -0.15) is 0 Å². The van der Waals surface area contributed by atoms with Gasteiger partial charge in [0.15, 0.2) is 6.10 Å². The lowest BCUT2D eigenvalue weighted by molar-refractivity contribution is -0.167. The minimum absolute atomic E-state index is 0.0637. The van der Waals surface area contributed by atoms with Gasteiger partial charge < -0.3 is 14.2 Å². The van der Waals surface area contributed by atoms with E-state index in [1.165, 1.54) is 212 Å². The molecule has 0 unspecified atom stereocenters. The van der Waals surface area contributed by atoms with E-state index in [9.17, 15) is 14.4 Å². The summed E-state index contributed by atoms with van der Waals surface area (Å²) in [4.78, 5) is 38.1. The van der Waals surface area contributed by atoms with E-state index >= 15 is 0 Å². The number of carbonyl (C=O) groups is 3. The van der Waals surface area contributed by atoms with Crippen molar-refractivity contribution in [3.8, 4) is 0 Å². The summed E-state index contributed by atoms with van der Waals surface area (Å²) in [6, 6.07) is 0. The minimum atomic E-state index is -0.764. The molecule has 66 heavy (non-hydrogen) atoms. The summed E-state index contributed by atoms with van der Waals surface area (Å²) in [7, 11) is 0. The molecule has 0 aliphatic heterocycles. The van der Waals surface area contributed by atoms with Crippen LogP contribution < -0.4 is 0 Å². The van der Waals surface area contributed by atoms with Crippen molar-refractivity contribution in [3.63, 3.8) is 0 Å². The van der Waals surface area contributed by atoms with Crippen LogP contribution in [-0.4, -0.2) is 37.2 Å². The molecule has 0 amide bonds. The van der Waals surface area contributed by atoms with Crippen LogP contribution in [0.5, 0.6) is 0 Å². The Morgan fingerprint density at radius 2 is 0.439 bits per heavy atom. The van der Waals surface area contributed by atoms with Gasteiger partial charge in [0, 0.05) is 19.3 Å². The number of hydrogen-bond acceptors (Lipinski definition) is 6. The largest absolute Gasteiger partial charge is 0.462 e. The molecule has 0 aromatic rings. The maximum absolute atomic E-state index is 12.9. The summed E-state index contributed by atoms with van der Waals surface area (Å²) >= 11 is 0. The SMILES string of the molecule is CC(C)CCCCCCCCCCCCCCCCCCCCC(=O)O[C@H](COC(=O)CCCCCCCCCCCCCC(C)C)COC(=O)CCCCCCCCCCCCC(C)C. The fourth-order valence-corrected chi connectivity index (χ4v) is 9.18. The van der Waals surface area contributed by atoms with E-state index in [-0.39, 0.29) is 31.1 Å². The fraction of sp³-hybridized carbons (Fsp3) is 0.950. The maximum Gasteiger partial charge on any atom is 0.306 e. The molecule has 0 N–H and O–H groups in total. The Kier molecular flexibility index (Phi) is 50.0. The molecule has 6 nitrogen and oxygen atoms in total. The van der Waals surface area contributed by atoms with Crippen molar-refractivity contribution in [2.45, 2.75) is 337 Å². The van der Waals surface area contributed by atoms with Gasteiger partial charge in [0.05, 0.1) is 0 Å². The van der Waals surface area contributed by atoms with Gasteiger partial charge in [-0.1, -0.05) is 292 Å². The van der Waals surface area contributed by atoms with E-state index in [1.54, 1.807) is 0 Å². The quantitative estimate of drug-likeness (QED) is 0.0343. The molecule has 6 heteroatoms.